The van der Waals surface area contributed by atoms with E-state index in [0.717, 1.165) is 6.54 Å². The Morgan fingerprint density at radius 2 is 2.46 bits per heavy atom. The van der Waals surface area contributed by atoms with Gasteiger partial charge in [0, 0.05) is 26.2 Å². The first kappa shape index (κ1) is 10.2. The molecule has 0 aromatic rings. The SMILES string of the molecule is O=C(C[SH2+])NCCN1CCNC1=O. The molecule has 1 aliphatic rings. The van der Waals surface area contributed by atoms with Gasteiger partial charge in [-0.15, -0.1) is 0 Å². The van der Waals surface area contributed by atoms with Gasteiger partial charge in [0.05, 0.1) is 0 Å². The fraction of sp³-hybridized carbons (Fsp3) is 0.714. The lowest BCUT2D eigenvalue weighted by Crippen LogP contribution is -2.37. The topological polar surface area (TPSA) is 61.4 Å². The summed E-state index contributed by atoms with van der Waals surface area (Å²) in [6.45, 7) is 2.51. The minimum Gasteiger partial charge on any atom is -0.350 e. The van der Waals surface area contributed by atoms with Crippen molar-refractivity contribution in [1.29, 1.82) is 0 Å². The molecule has 1 fully saturated rings. The van der Waals surface area contributed by atoms with Gasteiger partial charge in [-0.25, -0.2) is 4.79 Å². The molecule has 74 valence electrons. The van der Waals surface area contributed by atoms with Crippen molar-refractivity contribution in [1.82, 2.24) is 15.5 Å². The second-order valence-electron chi connectivity index (χ2n) is 2.75. The standard InChI is InChI=1S/C7H13N3O2S/c11-6(5-13)8-1-3-10-4-2-9-7(10)12/h13H,1-5H2,(H,8,11)(H,9,12)/p+1. The van der Waals surface area contributed by atoms with Gasteiger partial charge in [0.2, 0.25) is 0 Å². The summed E-state index contributed by atoms with van der Waals surface area (Å²) in [6, 6.07) is -0.0485. The zero-order valence-corrected chi connectivity index (χ0v) is 8.30. The predicted molar refractivity (Wildman–Crippen MR) is 53.0 cm³/mol. The minimum absolute atomic E-state index is 0.0485. The van der Waals surface area contributed by atoms with Gasteiger partial charge >= 0.3 is 6.03 Å². The normalized spacial score (nSPS) is 15.8. The maximum Gasteiger partial charge on any atom is 0.317 e. The summed E-state index contributed by atoms with van der Waals surface area (Å²) in [5.74, 6) is 0.239. The van der Waals surface area contributed by atoms with E-state index in [9.17, 15) is 9.59 Å². The first-order chi connectivity index (χ1) is 6.24. The third-order valence-corrected chi connectivity index (χ3v) is 2.13. The summed E-state index contributed by atoms with van der Waals surface area (Å²) in [7, 11) is 0. The molecule has 3 amide bonds. The van der Waals surface area contributed by atoms with Crippen LogP contribution in [0, 0.1) is 0 Å². The number of rotatable bonds is 4. The first-order valence-electron chi connectivity index (χ1n) is 4.18. The molecular formula is C7H14N3O2S+. The van der Waals surface area contributed by atoms with Crippen LogP contribution in [0.5, 0.6) is 0 Å². The Kier molecular flexibility index (Phi) is 3.88. The Morgan fingerprint density at radius 1 is 1.69 bits per heavy atom. The van der Waals surface area contributed by atoms with Gasteiger partial charge in [0.25, 0.3) is 5.91 Å². The van der Waals surface area contributed by atoms with Crippen molar-refractivity contribution in [2.45, 2.75) is 0 Å². The lowest BCUT2D eigenvalue weighted by atomic mass is 10.5. The van der Waals surface area contributed by atoms with Gasteiger partial charge < -0.3 is 15.5 Å². The van der Waals surface area contributed by atoms with Crippen LogP contribution in [0.2, 0.25) is 0 Å². The fourth-order valence-corrected chi connectivity index (χ4v) is 1.24. The highest BCUT2D eigenvalue weighted by Gasteiger charge is 2.18. The van der Waals surface area contributed by atoms with Crippen molar-refractivity contribution in [3.63, 3.8) is 0 Å². The Bertz CT molecular complexity index is 210. The van der Waals surface area contributed by atoms with E-state index >= 15 is 0 Å². The van der Waals surface area contributed by atoms with Crippen molar-refractivity contribution >= 4 is 24.6 Å². The zero-order valence-electron chi connectivity index (χ0n) is 7.30. The smallest absolute Gasteiger partial charge is 0.317 e. The van der Waals surface area contributed by atoms with Crippen LogP contribution in [0.1, 0.15) is 0 Å². The van der Waals surface area contributed by atoms with E-state index in [1.54, 1.807) is 4.90 Å². The molecular weight excluding hydrogens is 190 g/mol. The Hall–Kier alpha value is -0.910. The first-order valence-corrected chi connectivity index (χ1v) is 4.89. The van der Waals surface area contributed by atoms with Crippen molar-refractivity contribution in [2.75, 3.05) is 31.9 Å². The molecule has 0 radical (unpaired) electrons. The highest BCUT2D eigenvalue weighted by molar-refractivity contribution is 7.59. The van der Waals surface area contributed by atoms with Gasteiger partial charge in [0.1, 0.15) is 0 Å². The van der Waals surface area contributed by atoms with Crippen LogP contribution in [0.4, 0.5) is 4.79 Å². The van der Waals surface area contributed by atoms with E-state index in [0.29, 0.717) is 25.4 Å². The fourth-order valence-electron chi connectivity index (χ4n) is 1.12. The average Bonchev–Trinajstić information content (AvgIpc) is 2.52. The molecule has 1 heterocycles. The number of nitrogens with zero attached hydrogens (tertiary/aromatic N) is 1. The van der Waals surface area contributed by atoms with E-state index in [-0.39, 0.29) is 11.9 Å². The third kappa shape index (κ3) is 3.14. The van der Waals surface area contributed by atoms with Gasteiger partial charge in [0.15, 0.2) is 5.75 Å². The summed E-state index contributed by atoms with van der Waals surface area (Å²) in [4.78, 5) is 23.5. The van der Waals surface area contributed by atoms with Gasteiger partial charge in [-0.2, -0.15) is 0 Å². The zero-order chi connectivity index (χ0) is 9.68. The predicted octanol–water partition coefficient (Wildman–Crippen LogP) is -1.86. The summed E-state index contributed by atoms with van der Waals surface area (Å²) < 4.78 is 0. The van der Waals surface area contributed by atoms with E-state index in [4.69, 9.17) is 0 Å². The van der Waals surface area contributed by atoms with Crippen molar-refractivity contribution in [3.05, 3.63) is 0 Å². The molecule has 0 saturated carbocycles. The molecule has 13 heavy (non-hydrogen) atoms. The lowest BCUT2D eigenvalue weighted by molar-refractivity contribution is -0.118. The van der Waals surface area contributed by atoms with Crippen LogP contribution < -0.4 is 10.6 Å². The van der Waals surface area contributed by atoms with E-state index in [2.05, 4.69) is 23.3 Å². The molecule has 2 N–H and O–H groups in total. The molecule has 0 spiro atoms. The largest absolute Gasteiger partial charge is 0.350 e. The van der Waals surface area contributed by atoms with Crippen LogP contribution in [0.15, 0.2) is 0 Å². The second kappa shape index (κ2) is 4.96. The van der Waals surface area contributed by atoms with Gasteiger partial charge in [-0.1, -0.05) is 0 Å². The van der Waals surface area contributed by atoms with Crippen LogP contribution in [-0.4, -0.2) is 48.8 Å². The molecule has 1 aliphatic heterocycles. The number of hydrogen-bond donors (Lipinski definition) is 2. The number of urea groups is 1. The molecule has 1 rings (SSSR count). The molecule has 0 aromatic carbocycles. The highest BCUT2D eigenvalue weighted by atomic mass is 32.1. The number of amides is 3. The molecule has 0 bridgehead atoms. The van der Waals surface area contributed by atoms with E-state index in [1.807, 2.05) is 0 Å². The van der Waals surface area contributed by atoms with Gasteiger partial charge in [-0.05, 0) is 12.6 Å². The molecule has 1 saturated heterocycles. The second-order valence-corrected chi connectivity index (χ2v) is 3.10. The Morgan fingerprint density at radius 3 is 3.00 bits per heavy atom. The molecule has 5 nitrogen and oxygen atoms in total. The summed E-state index contributed by atoms with van der Waals surface area (Å²) >= 11 is 3.08. The Labute approximate surface area is 82.3 Å². The maximum atomic E-state index is 11.0. The van der Waals surface area contributed by atoms with Gasteiger partial charge in [-0.3, -0.25) is 4.79 Å². The molecule has 6 heteroatoms. The molecule has 0 aliphatic carbocycles. The molecule has 0 atom stereocenters. The Balaban J connectivity index is 2.12. The average molecular weight is 204 g/mol. The quantitative estimate of drug-likeness (QED) is 0.528. The lowest BCUT2D eigenvalue weighted by Gasteiger charge is -2.13. The number of carbonyl (C=O) groups excluding carboxylic acids is 2. The minimum atomic E-state index is -0.0590. The van der Waals surface area contributed by atoms with Crippen LogP contribution in [0.25, 0.3) is 0 Å². The van der Waals surface area contributed by atoms with E-state index in [1.165, 1.54) is 0 Å². The molecule has 0 aromatic heterocycles. The van der Waals surface area contributed by atoms with E-state index < -0.39 is 0 Å². The summed E-state index contributed by atoms with van der Waals surface area (Å²) in [5.41, 5.74) is 0. The van der Waals surface area contributed by atoms with Crippen LogP contribution >= 0.6 is 0 Å². The highest BCUT2D eigenvalue weighted by Crippen LogP contribution is 1.93. The van der Waals surface area contributed by atoms with Crippen molar-refractivity contribution in [2.24, 2.45) is 0 Å². The number of carbonyl (C=O) groups is 2. The van der Waals surface area contributed by atoms with Crippen molar-refractivity contribution in [3.8, 4) is 0 Å². The molecule has 0 unspecified atom stereocenters. The van der Waals surface area contributed by atoms with Crippen molar-refractivity contribution < 1.29 is 9.59 Å². The number of nitrogens with one attached hydrogen (secondary N) is 2. The third-order valence-electron chi connectivity index (χ3n) is 1.81. The van der Waals surface area contributed by atoms with Crippen LogP contribution in [-0.2, 0) is 17.4 Å². The van der Waals surface area contributed by atoms with Crippen LogP contribution in [0.3, 0.4) is 0 Å². The maximum absolute atomic E-state index is 11.0. The monoisotopic (exact) mass is 204 g/mol. The summed E-state index contributed by atoms with van der Waals surface area (Å²) in [6.07, 6.45) is 0. The summed E-state index contributed by atoms with van der Waals surface area (Å²) in [5, 5.41) is 5.36. The number of hydrogen-bond acceptors (Lipinski definition) is 2.